The lowest BCUT2D eigenvalue weighted by molar-refractivity contribution is -0.880. The van der Waals surface area contributed by atoms with Gasteiger partial charge in [-0.1, -0.05) is 49.7 Å². The maximum atomic E-state index is 12.6. The molecule has 0 bridgehead atoms. The molecule has 1 N–H and O–H groups in total. The smallest absolute Gasteiger partial charge is 0.338 e. The predicted molar refractivity (Wildman–Crippen MR) is 101 cm³/mol. The van der Waals surface area contributed by atoms with E-state index in [0.717, 1.165) is 26.1 Å². The first kappa shape index (κ1) is 17.3. The minimum Gasteiger partial charge on any atom is -0.451 e. The molecule has 0 saturated carbocycles. The number of nitrogens with one attached hydrogen (secondary N) is 1. The molecule has 1 saturated heterocycles. The lowest BCUT2D eigenvalue weighted by Crippen LogP contribution is -3.15. The van der Waals surface area contributed by atoms with Crippen LogP contribution in [0.15, 0.2) is 54.6 Å². The minimum atomic E-state index is -0.203. The van der Waals surface area contributed by atoms with Crippen molar-refractivity contribution in [2.24, 2.45) is 0 Å². The number of para-hydroxylation sites is 1. The monoisotopic (exact) mass is 351 g/mol. The highest BCUT2D eigenvalue weighted by atomic mass is 16.5. The fourth-order valence-electron chi connectivity index (χ4n) is 4.35. The predicted octanol–water partition coefficient (Wildman–Crippen LogP) is 2.77. The van der Waals surface area contributed by atoms with Crippen molar-refractivity contribution in [3.8, 4) is 0 Å². The standard InChI is InChI=1S/C22H26N2O2/c1-2-3-14-24-19-12-8-7-11-18(19)16-23-15-13-20(21(23)24)26-22(25)17-9-5-4-6-10-17/h4-12,20-21H,2-3,13-16H2,1H3/p+1/t20-,21?/m0/s1. The summed E-state index contributed by atoms with van der Waals surface area (Å²) in [5.74, 6) is -0.203. The maximum Gasteiger partial charge on any atom is 0.338 e. The van der Waals surface area contributed by atoms with Gasteiger partial charge in [0.05, 0.1) is 12.1 Å². The molecule has 0 aromatic heterocycles. The van der Waals surface area contributed by atoms with Crippen LogP contribution in [-0.4, -0.2) is 36.2 Å². The van der Waals surface area contributed by atoms with E-state index in [1.165, 1.54) is 29.0 Å². The van der Waals surface area contributed by atoms with E-state index in [0.29, 0.717) is 5.56 Å². The van der Waals surface area contributed by atoms with Gasteiger partial charge in [-0.15, -0.1) is 0 Å². The molecule has 0 spiro atoms. The van der Waals surface area contributed by atoms with Crippen molar-refractivity contribution < 1.29 is 14.4 Å². The Labute approximate surface area is 155 Å². The fraction of sp³-hybridized carbons (Fsp3) is 0.409. The van der Waals surface area contributed by atoms with Crippen molar-refractivity contribution in [1.29, 1.82) is 0 Å². The Morgan fingerprint density at radius 1 is 1.15 bits per heavy atom. The summed E-state index contributed by atoms with van der Waals surface area (Å²) in [5, 5.41) is 0. The molecule has 2 aromatic rings. The number of benzene rings is 2. The highest BCUT2D eigenvalue weighted by molar-refractivity contribution is 5.89. The lowest BCUT2D eigenvalue weighted by Gasteiger charge is -2.39. The lowest BCUT2D eigenvalue weighted by atomic mass is 10.1. The number of quaternary nitrogens is 1. The molecule has 0 amide bonds. The molecule has 2 aliphatic heterocycles. The number of unbranched alkanes of at least 4 members (excludes halogenated alkanes) is 1. The van der Waals surface area contributed by atoms with Gasteiger partial charge in [0.25, 0.3) is 0 Å². The van der Waals surface area contributed by atoms with Crippen LogP contribution in [0, 0.1) is 0 Å². The molecule has 136 valence electrons. The summed E-state index contributed by atoms with van der Waals surface area (Å²) in [7, 11) is 0. The SMILES string of the molecule is CCCC[NH+]1c2ccccc2CN2CC[C@H](OC(=O)c3ccccc3)C21. The van der Waals surface area contributed by atoms with Gasteiger partial charge in [0.2, 0.25) is 0 Å². The zero-order chi connectivity index (χ0) is 17.9. The van der Waals surface area contributed by atoms with Crippen molar-refractivity contribution in [2.75, 3.05) is 13.1 Å². The minimum absolute atomic E-state index is 0.0529. The second-order valence-electron chi connectivity index (χ2n) is 7.30. The van der Waals surface area contributed by atoms with Crippen molar-refractivity contribution in [2.45, 2.75) is 45.0 Å². The first-order valence-electron chi connectivity index (χ1n) is 9.72. The summed E-state index contributed by atoms with van der Waals surface area (Å²) in [6, 6.07) is 18.1. The molecule has 2 aliphatic rings. The molecule has 0 radical (unpaired) electrons. The number of rotatable bonds is 5. The van der Waals surface area contributed by atoms with Crippen LogP contribution in [-0.2, 0) is 11.3 Å². The summed E-state index contributed by atoms with van der Waals surface area (Å²) >= 11 is 0. The second kappa shape index (κ2) is 7.60. The number of nitrogens with zero attached hydrogens (tertiary/aromatic N) is 1. The molecule has 2 heterocycles. The Morgan fingerprint density at radius 3 is 2.73 bits per heavy atom. The van der Waals surface area contributed by atoms with E-state index in [9.17, 15) is 4.79 Å². The van der Waals surface area contributed by atoms with Crippen LogP contribution in [0.5, 0.6) is 0 Å². The van der Waals surface area contributed by atoms with E-state index in [2.05, 4.69) is 36.1 Å². The van der Waals surface area contributed by atoms with Crippen LogP contribution in [0.25, 0.3) is 0 Å². The molecule has 3 atom stereocenters. The first-order chi connectivity index (χ1) is 12.8. The average molecular weight is 351 g/mol. The van der Waals surface area contributed by atoms with Gasteiger partial charge < -0.3 is 4.74 Å². The van der Waals surface area contributed by atoms with E-state index in [1.807, 2.05) is 30.3 Å². The third-order valence-corrected chi connectivity index (χ3v) is 5.61. The van der Waals surface area contributed by atoms with Gasteiger partial charge in [0, 0.05) is 25.1 Å². The molecule has 4 rings (SSSR count). The summed E-state index contributed by atoms with van der Waals surface area (Å²) in [6.45, 7) is 5.25. The zero-order valence-electron chi connectivity index (χ0n) is 15.4. The van der Waals surface area contributed by atoms with Crippen molar-refractivity contribution >= 4 is 11.7 Å². The second-order valence-corrected chi connectivity index (χ2v) is 7.30. The molecule has 2 aromatic carbocycles. The van der Waals surface area contributed by atoms with Crippen LogP contribution >= 0.6 is 0 Å². The summed E-state index contributed by atoms with van der Waals surface area (Å²) in [5.41, 5.74) is 3.42. The normalized spacial score (nSPS) is 24.7. The van der Waals surface area contributed by atoms with Crippen molar-refractivity contribution in [3.63, 3.8) is 0 Å². The van der Waals surface area contributed by atoms with E-state index in [4.69, 9.17) is 4.74 Å². The fourth-order valence-corrected chi connectivity index (χ4v) is 4.35. The van der Waals surface area contributed by atoms with Crippen LogP contribution in [0.1, 0.15) is 42.1 Å². The van der Waals surface area contributed by atoms with Gasteiger partial charge in [0.1, 0.15) is 5.69 Å². The molecule has 4 heteroatoms. The highest BCUT2D eigenvalue weighted by Gasteiger charge is 2.47. The average Bonchev–Trinajstić information content (AvgIpc) is 3.08. The van der Waals surface area contributed by atoms with E-state index in [-0.39, 0.29) is 18.2 Å². The zero-order valence-corrected chi connectivity index (χ0v) is 15.4. The van der Waals surface area contributed by atoms with Gasteiger partial charge in [-0.05, 0) is 24.6 Å². The van der Waals surface area contributed by atoms with E-state index in [1.54, 1.807) is 0 Å². The molecule has 1 fully saturated rings. The van der Waals surface area contributed by atoms with Crippen LogP contribution in [0.2, 0.25) is 0 Å². The Bertz CT molecular complexity index is 762. The number of hydrogen-bond donors (Lipinski definition) is 1. The molecule has 2 unspecified atom stereocenters. The van der Waals surface area contributed by atoms with Crippen molar-refractivity contribution in [3.05, 3.63) is 65.7 Å². The Balaban J connectivity index is 1.58. The number of carbonyl (C=O) groups is 1. The third kappa shape index (κ3) is 3.27. The Kier molecular flexibility index (Phi) is 5.05. The largest absolute Gasteiger partial charge is 0.451 e. The van der Waals surface area contributed by atoms with Gasteiger partial charge in [-0.25, -0.2) is 9.69 Å². The molecule has 26 heavy (non-hydrogen) atoms. The van der Waals surface area contributed by atoms with Crippen molar-refractivity contribution in [1.82, 2.24) is 4.90 Å². The Hall–Kier alpha value is -2.17. The number of esters is 1. The topological polar surface area (TPSA) is 34.0 Å². The number of carbonyl (C=O) groups excluding carboxylic acids is 1. The summed E-state index contributed by atoms with van der Waals surface area (Å²) < 4.78 is 5.99. The summed E-state index contributed by atoms with van der Waals surface area (Å²) in [4.78, 5) is 16.5. The van der Waals surface area contributed by atoms with E-state index >= 15 is 0 Å². The first-order valence-corrected chi connectivity index (χ1v) is 9.72. The summed E-state index contributed by atoms with van der Waals surface area (Å²) in [6.07, 6.45) is 3.43. The van der Waals surface area contributed by atoms with Gasteiger partial charge >= 0.3 is 5.97 Å². The maximum absolute atomic E-state index is 12.6. The van der Waals surface area contributed by atoms with Crippen LogP contribution < -0.4 is 4.90 Å². The molecular weight excluding hydrogens is 324 g/mol. The highest BCUT2D eigenvalue weighted by Crippen LogP contribution is 2.28. The number of ether oxygens (including phenoxy) is 1. The number of fused-ring (bicyclic) bond motifs is 2. The molecule has 0 aliphatic carbocycles. The third-order valence-electron chi connectivity index (χ3n) is 5.61. The quantitative estimate of drug-likeness (QED) is 0.841. The van der Waals surface area contributed by atoms with Crippen LogP contribution in [0.3, 0.4) is 0 Å². The molecule has 4 nitrogen and oxygen atoms in total. The van der Waals surface area contributed by atoms with E-state index < -0.39 is 0 Å². The Morgan fingerprint density at radius 2 is 1.92 bits per heavy atom. The van der Waals surface area contributed by atoms with Crippen LogP contribution in [0.4, 0.5) is 5.69 Å². The number of hydrogen-bond acceptors (Lipinski definition) is 3. The molecular formula is C22H27N2O2+. The van der Waals surface area contributed by atoms with Gasteiger partial charge in [-0.2, -0.15) is 0 Å². The van der Waals surface area contributed by atoms with Gasteiger partial charge in [0.15, 0.2) is 12.3 Å². The van der Waals surface area contributed by atoms with Gasteiger partial charge in [-0.3, -0.25) is 4.90 Å².